The van der Waals surface area contributed by atoms with E-state index in [9.17, 15) is 18.8 Å². The first-order chi connectivity index (χ1) is 16.9. The van der Waals surface area contributed by atoms with Crippen molar-refractivity contribution in [3.8, 4) is 5.69 Å². The van der Waals surface area contributed by atoms with Gasteiger partial charge >= 0.3 is 0 Å². The second-order valence-corrected chi connectivity index (χ2v) is 8.84. The van der Waals surface area contributed by atoms with Gasteiger partial charge in [-0.05, 0) is 85.2 Å². The van der Waals surface area contributed by atoms with Crippen molar-refractivity contribution < 1.29 is 14.0 Å². The third-order valence-electron chi connectivity index (χ3n) is 5.84. The maximum atomic E-state index is 13.3. The summed E-state index contributed by atoms with van der Waals surface area (Å²) in [5, 5.41) is 6.10. The summed E-state index contributed by atoms with van der Waals surface area (Å²) in [4.78, 5) is 40.8. The molecule has 2 amide bonds. The summed E-state index contributed by atoms with van der Waals surface area (Å²) in [5.41, 5.74) is 2.40. The van der Waals surface area contributed by atoms with E-state index in [1.165, 1.54) is 28.8 Å². The minimum atomic E-state index is -0.414. The van der Waals surface area contributed by atoms with Gasteiger partial charge in [0.1, 0.15) is 5.82 Å². The van der Waals surface area contributed by atoms with E-state index in [4.69, 9.17) is 12.2 Å². The summed E-state index contributed by atoms with van der Waals surface area (Å²) in [6, 6.07) is 17.5. The lowest BCUT2D eigenvalue weighted by molar-refractivity contribution is -0.117. The smallest absolute Gasteiger partial charge is 0.266 e. The molecule has 0 aliphatic heterocycles. The highest BCUT2D eigenvalue weighted by molar-refractivity contribution is 7.71. The van der Waals surface area contributed by atoms with E-state index in [0.717, 1.165) is 18.4 Å². The van der Waals surface area contributed by atoms with Crippen LogP contribution in [0.1, 0.15) is 28.8 Å². The zero-order chi connectivity index (χ0) is 24.5. The number of fused-ring (bicyclic) bond motifs is 1. The van der Waals surface area contributed by atoms with Gasteiger partial charge in [0.15, 0.2) is 4.77 Å². The van der Waals surface area contributed by atoms with Crippen LogP contribution in [0.15, 0.2) is 71.5 Å². The van der Waals surface area contributed by atoms with Crippen molar-refractivity contribution in [1.82, 2.24) is 14.9 Å². The Hall–Kier alpha value is -4.11. The Bertz CT molecular complexity index is 1570. The van der Waals surface area contributed by atoms with Crippen LogP contribution in [0.5, 0.6) is 0 Å². The van der Waals surface area contributed by atoms with Gasteiger partial charge in [0.25, 0.3) is 11.5 Å². The predicted octanol–water partition coefficient (Wildman–Crippen LogP) is 4.47. The molecule has 7 nitrogen and oxygen atoms in total. The summed E-state index contributed by atoms with van der Waals surface area (Å²) < 4.78 is 14.7. The monoisotopic (exact) mass is 488 g/mol. The summed E-state index contributed by atoms with van der Waals surface area (Å²) in [6.07, 6.45) is 1.86. The molecular weight excluding hydrogens is 467 g/mol. The van der Waals surface area contributed by atoms with Crippen molar-refractivity contribution in [1.29, 1.82) is 0 Å². The molecule has 1 saturated carbocycles. The largest absolute Gasteiger partial charge is 0.348 e. The second kappa shape index (κ2) is 9.27. The average molecular weight is 489 g/mol. The molecule has 1 aromatic heterocycles. The van der Waals surface area contributed by atoms with Crippen molar-refractivity contribution in [3.05, 3.63) is 98.8 Å². The Morgan fingerprint density at radius 3 is 2.57 bits per heavy atom. The molecular formula is C26H21FN4O3S. The second-order valence-electron chi connectivity index (χ2n) is 8.45. The summed E-state index contributed by atoms with van der Waals surface area (Å²) in [6.45, 7) is 0.270. The number of halogens is 1. The Kier molecular flexibility index (Phi) is 6.00. The number of aromatic nitrogens is 2. The van der Waals surface area contributed by atoms with E-state index in [-0.39, 0.29) is 34.6 Å². The SMILES string of the molecule is O=C(NCc1cccc(NC(=O)C2CC2)c1)c1ccc2c(=O)n(-c3ccc(F)cc3)c(=S)[nH]c2c1. The highest BCUT2D eigenvalue weighted by Crippen LogP contribution is 2.30. The normalized spacial score (nSPS) is 12.9. The molecule has 176 valence electrons. The number of benzene rings is 3. The topological polar surface area (TPSA) is 96.0 Å². The summed E-state index contributed by atoms with van der Waals surface area (Å²) in [7, 11) is 0. The van der Waals surface area contributed by atoms with Crippen LogP contribution < -0.4 is 16.2 Å². The number of hydrogen-bond acceptors (Lipinski definition) is 4. The molecule has 35 heavy (non-hydrogen) atoms. The number of amides is 2. The van der Waals surface area contributed by atoms with Crippen LogP contribution in [0.3, 0.4) is 0 Å². The lowest BCUT2D eigenvalue weighted by Gasteiger charge is -2.10. The van der Waals surface area contributed by atoms with Crippen LogP contribution in [-0.2, 0) is 11.3 Å². The number of aromatic amines is 1. The van der Waals surface area contributed by atoms with Crippen molar-refractivity contribution in [2.24, 2.45) is 5.92 Å². The van der Waals surface area contributed by atoms with Crippen LogP contribution in [0.2, 0.25) is 0 Å². The summed E-state index contributed by atoms with van der Waals surface area (Å²) in [5.74, 6) is -0.596. The first-order valence-electron chi connectivity index (χ1n) is 11.1. The number of carbonyl (C=O) groups excluding carboxylic acids is 2. The lowest BCUT2D eigenvalue weighted by atomic mass is 10.1. The third-order valence-corrected chi connectivity index (χ3v) is 6.13. The number of H-pyrrole nitrogens is 1. The quantitative estimate of drug-likeness (QED) is 0.349. The first-order valence-corrected chi connectivity index (χ1v) is 11.5. The van der Waals surface area contributed by atoms with Crippen LogP contribution in [0.25, 0.3) is 16.6 Å². The van der Waals surface area contributed by atoms with Gasteiger partial charge < -0.3 is 15.6 Å². The number of rotatable bonds is 6. The minimum absolute atomic E-state index is 0.0261. The average Bonchev–Trinajstić information content (AvgIpc) is 3.69. The van der Waals surface area contributed by atoms with E-state index in [1.54, 1.807) is 18.2 Å². The van der Waals surface area contributed by atoms with Crippen LogP contribution in [-0.4, -0.2) is 21.4 Å². The fourth-order valence-electron chi connectivity index (χ4n) is 3.82. The van der Waals surface area contributed by atoms with Crippen molar-refractivity contribution >= 4 is 40.6 Å². The molecule has 1 aliphatic carbocycles. The van der Waals surface area contributed by atoms with E-state index in [2.05, 4.69) is 15.6 Å². The molecule has 0 atom stereocenters. The Labute approximate surface area is 204 Å². The summed E-state index contributed by atoms with van der Waals surface area (Å²) >= 11 is 5.35. The zero-order valence-corrected chi connectivity index (χ0v) is 19.3. The molecule has 0 spiro atoms. The molecule has 0 unspecified atom stereocenters. The van der Waals surface area contributed by atoms with Crippen molar-refractivity contribution in [2.75, 3.05) is 5.32 Å². The molecule has 0 bridgehead atoms. The molecule has 0 radical (unpaired) electrons. The van der Waals surface area contributed by atoms with Crippen LogP contribution >= 0.6 is 12.2 Å². The molecule has 3 N–H and O–H groups in total. The number of nitrogens with one attached hydrogen (secondary N) is 3. The van der Waals surface area contributed by atoms with Gasteiger partial charge in [0, 0.05) is 23.7 Å². The maximum Gasteiger partial charge on any atom is 0.266 e. The fraction of sp³-hybridized carbons (Fsp3) is 0.154. The predicted molar refractivity (Wildman–Crippen MR) is 134 cm³/mol. The molecule has 5 rings (SSSR count). The standard InChI is InChI=1S/C26H21FN4O3S/c27-18-7-9-20(10-8-18)31-25(34)21-11-6-17(13-22(21)30-26(31)35)23(32)28-14-15-2-1-3-19(12-15)29-24(33)16-4-5-16/h1-3,6-13,16H,4-5,14H2,(H,28,32)(H,29,33)(H,30,35). The first kappa shape index (κ1) is 22.7. The number of carbonyl (C=O) groups is 2. The van der Waals surface area contributed by atoms with Gasteiger partial charge in [-0.15, -0.1) is 0 Å². The van der Waals surface area contributed by atoms with Gasteiger partial charge in [-0.25, -0.2) is 4.39 Å². The van der Waals surface area contributed by atoms with Gasteiger partial charge in [0.2, 0.25) is 5.91 Å². The lowest BCUT2D eigenvalue weighted by Crippen LogP contribution is -2.24. The van der Waals surface area contributed by atoms with Crippen molar-refractivity contribution in [3.63, 3.8) is 0 Å². The van der Waals surface area contributed by atoms with Crippen LogP contribution in [0.4, 0.5) is 10.1 Å². The number of nitrogens with zero attached hydrogens (tertiary/aromatic N) is 1. The molecule has 1 aliphatic rings. The highest BCUT2D eigenvalue weighted by Gasteiger charge is 2.29. The fourth-order valence-corrected chi connectivity index (χ4v) is 4.12. The molecule has 4 aromatic rings. The number of anilines is 1. The molecule has 1 heterocycles. The highest BCUT2D eigenvalue weighted by atomic mass is 32.1. The van der Waals surface area contributed by atoms with Crippen LogP contribution in [0, 0.1) is 16.5 Å². The van der Waals surface area contributed by atoms with Gasteiger partial charge in [-0.3, -0.25) is 19.0 Å². The van der Waals surface area contributed by atoms with E-state index in [0.29, 0.717) is 27.8 Å². The molecule has 9 heteroatoms. The maximum absolute atomic E-state index is 13.3. The molecule has 1 fully saturated rings. The molecule has 3 aromatic carbocycles. The van der Waals surface area contributed by atoms with E-state index < -0.39 is 5.82 Å². The number of hydrogen-bond donors (Lipinski definition) is 3. The third kappa shape index (κ3) is 4.90. The Balaban J connectivity index is 1.34. The molecule has 0 saturated heterocycles. The van der Waals surface area contributed by atoms with Gasteiger partial charge in [-0.2, -0.15) is 0 Å². The Morgan fingerprint density at radius 1 is 1.06 bits per heavy atom. The Morgan fingerprint density at radius 2 is 1.83 bits per heavy atom. The zero-order valence-electron chi connectivity index (χ0n) is 18.5. The van der Waals surface area contributed by atoms with Crippen molar-refractivity contribution in [2.45, 2.75) is 19.4 Å². The van der Waals surface area contributed by atoms with Gasteiger partial charge in [-0.1, -0.05) is 12.1 Å². The minimum Gasteiger partial charge on any atom is -0.348 e. The van der Waals surface area contributed by atoms with Gasteiger partial charge in [0.05, 0.1) is 16.6 Å². The van der Waals surface area contributed by atoms with E-state index >= 15 is 0 Å². The van der Waals surface area contributed by atoms with E-state index in [1.807, 2.05) is 24.3 Å².